The zero-order valence-electron chi connectivity index (χ0n) is 11.3. The molecule has 0 bridgehead atoms. The molecule has 0 saturated carbocycles. The summed E-state index contributed by atoms with van der Waals surface area (Å²) in [5.74, 6) is -0.328. The molecule has 0 amide bonds. The fraction of sp³-hybridized carbons (Fsp3) is 0.0556. The lowest BCUT2D eigenvalue weighted by Crippen LogP contribution is -2.02. The van der Waals surface area contributed by atoms with E-state index in [0.29, 0.717) is 11.3 Å². The van der Waals surface area contributed by atoms with Crippen molar-refractivity contribution in [2.75, 3.05) is 5.73 Å². The number of rotatable bonds is 1. The highest BCUT2D eigenvalue weighted by Crippen LogP contribution is 2.41. The predicted molar refractivity (Wildman–Crippen MR) is 82.9 cm³/mol. The van der Waals surface area contributed by atoms with Crippen LogP contribution < -0.4 is 5.73 Å². The molecule has 0 unspecified atom stereocenters. The topological polar surface area (TPSA) is 52.3 Å². The first-order chi connectivity index (χ1) is 10.3. The molecule has 1 heterocycles. The Kier molecular flexibility index (Phi) is 2.48. The van der Waals surface area contributed by atoms with Crippen LogP contribution in [0.15, 0.2) is 54.6 Å². The summed E-state index contributed by atoms with van der Waals surface area (Å²) in [5, 5.41) is 1.95. The van der Waals surface area contributed by atoms with Crippen LogP contribution in [-0.4, -0.2) is 5.97 Å². The molecule has 0 aliphatic carbocycles. The van der Waals surface area contributed by atoms with Gasteiger partial charge in [0.05, 0.1) is 11.3 Å². The number of carbonyl (C=O) groups is 1. The number of esters is 1. The number of carbonyl (C=O) groups excluding carboxylic acids is 1. The molecule has 0 radical (unpaired) electrons. The van der Waals surface area contributed by atoms with Crippen molar-refractivity contribution in [3.63, 3.8) is 0 Å². The summed E-state index contributed by atoms with van der Waals surface area (Å²) < 4.78 is 5.22. The monoisotopic (exact) mass is 275 g/mol. The molecule has 0 atom stereocenters. The Balaban J connectivity index is 2.20. The van der Waals surface area contributed by atoms with E-state index in [4.69, 9.17) is 10.5 Å². The van der Waals surface area contributed by atoms with E-state index in [1.807, 2.05) is 54.6 Å². The SMILES string of the molecule is Nc1c2c(c(-c3ccccc3)c3ccccc13)COC2=O. The molecule has 3 heteroatoms. The first-order valence-corrected chi connectivity index (χ1v) is 6.83. The number of ether oxygens (including phenoxy) is 1. The van der Waals surface area contributed by atoms with Crippen molar-refractivity contribution in [3.8, 4) is 11.1 Å². The van der Waals surface area contributed by atoms with Crippen LogP contribution >= 0.6 is 0 Å². The summed E-state index contributed by atoms with van der Waals surface area (Å²) in [6.07, 6.45) is 0. The molecule has 0 aromatic heterocycles. The molecule has 0 fully saturated rings. The van der Waals surface area contributed by atoms with E-state index < -0.39 is 0 Å². The van der Waals surface area contributed by atoms with Crippen molar-refractivity contribution < 1.29 is 9.53 Å². The third-order valence-corrected chi connectivity index (χ3v) is 3.97. The van der Waals surface area contributed by atoms with E-state index >= 15 is 0 Å². The second kappa shape index (κ2) is 4.35. The fourth-order valence-electron chi connectivity index (χ4n) is 3.04. The zero-order valence-corrected chi connectivity index (χ0v) is 11.3. The van der Waals surface area contributed by atoms with Crippen molar-refractivity contribution in [2.45, 2.75) is 6.61 Å². The van der Waals surface area contributed by atoms with E-state index in [9.17, 15) is 4.79 Å². The van der Waals surface area contributed by atoms with E-state index in [-0.39, 0.29) is 12.6 Å². The van der Waals surface area contributed by atoms with E-state index in [1.165, 1.54) is 0 Å². The highest BCUT2D eigenvalue weighted by molar-refractivity contribution is 6.14. The Morgan fingerprint density at radius 3 is 2.29 bits per heavy atom. The van der Waals surface area contributed by atoms with Gasteiger partial charge in [-0.15, -0.1) is 0 Å². The first kappa shape index (κ1) is 12.0. The van der Waals surface area contributed by atoms with Crippen LogP contribution in [-0.2, 0) is 11.3 Å². The Labute approximate surface area is 122 Å². The molecule has 3 nitrogen and oxygen atoms in total. The maximum absolute atomic E-state index is 12.0. The van der Waals surface area contributed by atoms with Crippen LogP contribution in [0.5, 0.6) is 0 Å². The molecule has 1 aliphatic heterocycles. The summed E-state index contributed by atoms with van der Waals surface area (Å²) in [6.45, 7) is 0.285. The van der Waals surface area contributed by atoms with Gasteiger partial charge in [-0.1, -0.05) is 54.6 Å². The maximum atomic E-state index is 12.0. The Bertz CT molecular complexity index is 869. The number of nitrogen functional groups attached to an aromatic ring is 1. The van der Waals surface area contributed by atoms with E-state index in [0.717, 1.165) is 27.5 Å². The molecule has 2 N–H and O–H groups in total. The van der Waals surface area contributed by atoms with Gasteiger partial charge in [0.2, 0.25) is 0 Å². The second-order valence-corrected chi connectivity index (χ2v) is 5.13. The number of benzene rings is 3. The molecule has 0 saturated heterocycles. The van der Waals surface area contributed by atoms with Crippen LogP contribution in [0.3, 0.4) is 0 Å². The van der Waals surface area contributed by atoms with Crippen molar-refractivity contribution in [2.24, 2.45) is 0 Å². The van der Waals surface area contributed by atoms with Crippen molar-refractivity contribution >= 4 is 22.4 Å². The quantitative estimate of drug-likeness (QED) is 0.543. The van der Waals surface area contributed by atoms with Gasteiger partial charge in [0, 0.05) is 10.9 Å². The average Bonchev–Trinajstić information content (AvgIpc) is 2.91. The molecular formula is C18H13NO2. The van der Waals surface area contributed by atoms with Crippen LogP contribution in [0.1, 0.15) is 15.9 Å². The Morgan fingerprint density at radius 2 is 1.52 bits per heavy atom. The number of nitrogens with two attached hydrogens (primary N) is 1. The van der Waals surface area contributed by atoms with Gasteiger partial charge in [-0.3, -0.25) is 0 Å². The van der Waals surface area contributed by atoms with Crippen LogP contribution in [0.4, 0.5) is 5.69 Å². The normalized spacial score (nSPS) is 13.2. The molecule has 1 aliphatic rings. The summed E-state index contributed by atoms with van der Waals surface area (Å²) >= 11 is 0. The van der Waals surface area contributed by atoms with Crippen LogP contribution in [0.2, 0.25) is 0 Å². The van der Waals surface area contributed by atoms with Crippen LogP contribution in [0, 0.1) is 0 Å². The lowest BCUT2D eigenvalue weighted by atomic mass is 9.89. The Hall–Kier alpha value is -2.81. The van der Waals surface area contributed by atoms with Gasteiger partial charge in [0.15, 0.2) is 0 Å². The lowest BCUT2D eigenvalue weighted by Gasteiger charge is -2.14. The molecular weight excluding hydrogens is 262 g/mol. The summed E-state index contributed by atoms with van der Waals surface area (Å²) in [6, 6.07) is 17.9. The van der Waals surface area contributed by atoms with Crippen molar-refractivity contribution in [1.29, 1.82) is 0 Å². The highest BCUT2D eigenvalue weighted by Gasteiger charge is 2.29. The van der Waals surface area contributed by atoms with Gasteiger partial charge in [-0.05, 0) is 16.5 Å². The lowest BCUT2D eigenvalue weighted by molar-refractivity contribution is 0.0536. The van der Waals surface area contributed by atoms with Gasteiger partial charge in [-0.2, -0.15) is 0 Å². The average molecular weight is 275 g/mol. The van der Waals surface area contributed by atoms with Gasteiger partial charge in [0.25, 0.3) is 0 Å². The third-order valence-electron chi connectivity index (χ3n) is 3.97. The largest absolute Gasteiger partial charge is 0.457 e. The Morgan fingerprint density at radius 1 is 0.857 bits per heavy atom. The minimum Gasteiger partial charge on any atom is -0.457 e. The van der Waals surface area contributed by atoms with Gasteiger partial charge < -0.3 is 10.5 Å². The number of fused-ring (bicyclic) bond motifs is 2. The third kappa shape index (κ3) is 1.64. The molecule has 102 valence electrons. The predicted octanol–water partition coefficient (Wildman–Crippen LogP) is 3.76. The number of anilines is 1. The molecule has 0 spiro atoms. The first-order valence-electron chi connectivity index (χ1n) is 6.83. The van der Waals surface area contributed by atoms with E-state index in [2.05, 4.69) is 0 Å². The van der Waals surface area contributed by atoms with Crippen LogP contribution in [0.25, 0.3) is 21.9 Å². The minimum absolute atomic E-state index is 0.285. The highest BCUT2D eigenvalue weighted by atomic mass is 16.5. The number of hydrogen-bond donors (Lipinski definition) is 1. The standard InChI is InChI=1S/C18H13NO2/c19-17-13-9-5-4-8-12(13)15(11-6-2-1-3-7-11)14-10-21-18(20)16(14)17/h1-9H,10,19H2. The summed E-state index contributed by atoms with van der Waals surface area (Å²) in [4.78, 5) is 12.0. The number of cyclic esters (lactones) is 1. The maximum Gasteiger partial charge on any atom is 0.341 e. The van der Waals surface area contributed by atoms with E-state index in [1.54, 1.807) is 0 Å². The van der Waals surface area contributed by atoms with Crippen molar-refractivity contribution in [3.05, 3.63) is 65.7 Å². The molecule has 4 rings (SSSR count). The fourth-order valence-corrected chi connectivity index (χ4v) is 3.04. The van der Waals surface area contributed by atoms with Gasteiger partial charge >= 0.3 is 5.97 Å². The number of hydrogen-bond acceptors (Lipinski definition) is 3. The van der Waals surface area contributed by atoms with Gasteiger partial charge in [-0.25, -0.2) is 4.79 Å². The summed E-state index contributed by atoms with van der Waals surface area (Å²) in [7, 11) is 0. The minimum atomic E-state index is -0.328. The van der Waals surface area contributed by atoms with Gasteiger partial charge in [0.1, 0.15) is 6.61 Å². The second-order valence-electron chi connectivity index (χ2n) is 5.13. The smallest absolute Gasteiger partial charge is 0.341 e. The molecule has 21 heavy (non-hydrogen) atoms. The summed E-state index contributed by atoms with van der Waals surface area (Å²) in [5.41, 5.74) is 10.3. The van der Waals surface area contributed by atoms with Crippen molar-refractivity contribution in [1.82, 2.24) is 0 Å². The molecule has 3 aromatic rings. The zero-order chi connectivity index (χ0) is 14.4. The molecule has 3 aromatic carbocycles.